The molecule has 0 unspecified atom stereocenters. The quantitative estimate of drug-likeness (QED) is 0.680. The maximum atomic E-state index is 5.70. The second kappa shape index (κ2) is 4.45. The Morgan fingerprint density at radius 3 is 2.20 bits per heavy atom. The summed E-state index contributed by atoms with van der Waals surface area (Å²) in [4.78, 5) is 9.02. The SMILES string of the molecule is Nc1ccc2nc(CBr)c(CBr)nc2c1. The summed E-state index contributed by atoms with van der Waals surface area (Å²) in [6.07, 6.45) is 0. The molecule has 0 saturated carbocycles. The van der Waals surface area contributed by atoms with Gasteiger partial charge in [-0.05, 0) is 18.2 Å². The Balaban J connectivity index is 2.69. The molecule has 0 atom stereocenters. The molecule has 1 aromatic carbocycles. The van der Waals surface area contributed by atoms with Crippen molar-refractivity contribution in [2.24, 2.45) is 0 Å². The summed E-state index contributed by atoms with van der Waals surface area (Å²) in [6.45, 7) is 0. The highest BCUT2D eigenvalue weighted by atomic mass is 79.9. The van der Waals surface area contributed by atoms with Crippen molar-refractivity contribution in [1.82, 2.24) is 9.97 Å². The molecule has 1 heterocycles. The van der Waals surface area contributed by atoms with E-state index in [-0.39, 0.29) is 0 Å². The zero-order chi connectivity index (χ0) is 10.8. The van der Waals surface area contributed by atoms with Gasteiger partial charge >= 0.3 is 0 Å². The number of hydrogen-bond donors (Lipinski definition) is 1. The van der Waals surface area contributed by atoms with E-state index in [2.05, 4.69) is 41.8 Å². The topological polar surface area (TPSA) is 51.8 Å². The molecule has 78 valence electrons. The van der Waals surface area contributed by atoms with Crippen LogP contribution < -0.4 is 5.73 Å². The monoisotopic (exact) mass is 329 g/mol. The lowest BCUT2D eigenvalue weighted by atomic mass is 10.2. The van der Waals surface area contributed by atoms with Gasteiger partial charge in [-0.15, -0.1) is 0 Å². The molecule has 0 spiro atoms. The molecule has 0 aliphatic rings. The third kappa shape index (κ3) is 2.13. The van der Waals surface area contributed by atoms with Gasteiger partial charge < -0.3 is 5.73 Å². The molecule has 2 N–H and O–H groups in total. The van der Waals surface area contributed by atoms with Crippen molar-refractivity contribution in [1.29, 1.82) is 0 Å². The standard InChI is InChI=1S/C10H9Br2N3/c11-4-9-10(5-12)15-8-3-6(13)1-2-7(8)14-9/h1-3H,4-5,13H2. The van der Waals surface area contributed by atoms with Crippen LogP contribution in [-0.4, -0.2) is 9.97 Å². The molecule has 15 heavy (non-hydrogen) atoms. The molecule has 3 nitrogen and oxygen atoms in total. The second-order valence-electron chi connectivity index (χ2n) is 3.13. The first-order valence-corrected chi connectivity index (χ1v) is 6.66. The second-order valence-corrected chi connectivity index (χ2v) is 4.25. The van der Waals surface area contributed by atoms with Gasteiger partial charge in [0.2, 0.25) is 0 Å². The van der Waals surface area contributed by atoms with Crippen molar-refractivity contribution < 1.29 is 0 Å². The van der Waals surface area contributed by atoms with Gasteiger partial charge in [-0.1, -0.05) is 31.9 Å². The Hall–Kier alpha value is -0.680. The molecule has 0 bridgehead atoms. The molecule has 0 amide bonds. The Morgan fingerprint density at radius 2 is 1.60 bits per heavy atom. The molecule has 0 aliphatic carbocycles. The Kier molecular flexibility index (Phi) is 3.21. The Morgan fingerprint density at radius 1 is 1.00 bits per heavy atom. The molecule has 0 aliphatic heterocycles. The van der Waals surface area contributed by atoms with Crippen molar-refractivity contribution in [2.75, 3.05) is 5.73 Å². The number of nitrogen functional groups attached to an aromatic ring is 1. The van der Waals surface area contributed by atoms with Gasteiger partial charge in [0.1, 0.15) is 0 Å². The number of hydrogen-bond acceptors (Lipinski definition) is 3. The molecule has 0 radical (unpaired) electrons. The summed E-state index contributed by atoms with van der Waals surface area (Å²) in [5.41, 5.74) is 10.0. The predicted molar refractivity (Wildman–Crippen MR) is 69.2 cm³/mol. The number of aromatic nitrogens is 2. The highest BCUT2D eigenvalue weighted by molar-refractivity contribution is 9.09. The third-order valence-corrected chi connectivity index (χ3v) is 3.16. The van der Waals surface area contributed by atoms with Gasteiger partial charge in [0.25, 0.3) is 0 Å². The van der Waals surface area contributed by atoms with Gasteiger partial charge in [-0.3, -0.25) is 0 Å². The van der Waals surface area contributed by atoms with Crippen molar-refractivity contribution in [2.45, 2.75) is 10.7 Å². The zero-order valence-electron chi connectivity index (χ0n) is 7.87. The zero-order valence-corrected chi connectivity index (χ0v) is 11.0. The normalized spacial score (nSPS) is 10.8. The van der Waals surface area contributed by atoms with Crippen LogP contribution in [0.2, 0.25) is 0 Å². The first-order chi connectivity index (χ1) is 7.24. The van der Waals surface area contributed by atoms with Gasteiger partial charge in [0.15, 0.2) is 0 Å². The highest BCUT2D eigenvalue weighted by Crippen LogP contribution is 2.19. The largest absolute Gasteiger partial charge is 0.399 e. The van der Waals surface area contributed by atoms with Crippen LogP contribution in [-0.2, 0) is 10.7 Å². The molecule has 0 fully saturated rings. The van der Waals surface area contributed by atoms with Crippen LogP contribution in [0.4, 0.5) is 5.69 Å². The Bertz CT molecular complexity index is 499. The van der Waals surface area contributed by atoms with E-state index < -0.39 is 0 Å². The number of nitrogens with two attached hydrogens (primary N) is 1. The summed E-state index contributed by atoms with van der Waals surface area (Å²) in [6, 6.07) is 5.57. The van der Waals surface area contributed by atoms with E-state index in [1.165, 1.54) is 0 Å². The fourth-order valence-corrected chi connectivity index (χ4v) is 2.26. The van der Waals surface area contributed by atoms with E-state index in [0.29, 0.717) is 16.3 Å². The van der Waals surface area contributed by atoms with Crippen LogP contribution in [0, 0.1) is 0 Å². The maximum Gasteiger partial charge on any atom is 0.0911 e. The van der Waals surface area contributed by atoms with E-state index >= 15 is 0 Å². The lowest BCUT2D eigenvalue weighted by Crippen LogP contribution is -1.99. The number of fused-ring (bicyclic) bond motifs is 1. The number of nitrogens with zero attached hydrogens (tertiary/aromatic N) is 2. The van der Waals surface area contributed by atoms with E-state index in [1.807, 2.05) is 18.2 Å². The van der Waals surface area contributed by atoms with E-state index in [1.54, 1.807) is 0 Å². The number of benzene rings is 1. The summed E-state index contributed by atoms with van der Waals surface area (Å²) < 4.78 is 0. The van der Waals surface area contributed by atoms with Gasteiger partial charge in [-0.25, -0.2) is 9.97 Å². The van der Waals surface area contributed by atoms with Gasteiger partial charge in [0, 0.05) is 16.3 Å². The maximum absolute atomic E-state index is 5.70. The fraction of sp³-hybridized carbons (Fsp3) is 0.200. The van der Waals surface area contributed by atoms with Crippen LogP contribution in [0.15, 0.2) is 18.2 Å². The minimum atomic E-state index is 0.700. The Labute approximate surface area is 104 Å². The average molecular weight is 331 g/mol. The lowest BCUT2D eigenvalue weighted by molar-refractivity contribution is 1.08. The molecule has 2 rings (SSSR count). The van der Waals surface area contributed by atoms with Crippen LogP contribution in [0.25, 0.3) is 11.0 Å². The van der Waals surface area contributed by atoms with Crippen molar-refractivity contribution in [3.8, 4) is 0 Å². The number of rotatable bonds is 2. The van der Waals surface area contributed by atoms with Gasteiger partial charge in [-0.2, -0.15) is 0 Å². The minimum Gasteiger partial charge on any atom is -0.399 e. The molecule has 1 aromatic heterocycles. The van der Waals surface area contributed by atoms with E-state index in [0.717, 1.165) is 22.4 Å². The lowest BCUT2D eigenvalue weighted by Gasteiger charge is -2.05. The van der Waals surface area contributed by atoms with Crippen LogP contribution in [0.3, 0.4) is 0 Å². The predicted octanol–water partition coefficient (Wildman–Crippen LogP) is 3.00. The fourth-order valence-electron chi connectivity index (χ4n) is 1.36. The summed E-state index contributed by atoms with van der Waals surface area (Å²) in [5.74, 6) is 0. The summed E-state index contributed by atoms with van der Waals surface area (Å²) in [7, 11) is 0. The summed E-state index contributed by atoms with van der Waals surface area (Å²) >= 11 is 6.80. The molecule has 5 heteroatoms. The van der Waals surface area contributed by atoms with Crippen LogP contribution >= 0.6 is 31.9 Å². The van der Waals surface area contributed by atoms with Crippen molar-refractivity contribution in [3.05, 3.63) is 29.6 Å². The number of halogens is 2. The van der Waals surface area contributed by atoms with Crippen molar-refractivity contribution in [3.63, 3.8) is 0 Å². The molecule has 2 aromatic rings. The number of alkyl halides is 2. The first kappa shape index (κ1) is 10.8. The average Bonchev–Trinajstić information content (AvgIpc) is 2.27. The number of anilines is 1. The first-order valence-electron chi connectivity index (χ1n) is 4.41. The minimum absolute atomic E-state index is 0.700. The third-order valence-electron chi connectivity index (χ3n) is 2.10. The van der Waals surface area contributed by atoms with Gasteiger partial charge in [0.05, 0.1) is 22.4 Å². The molecular formula is C10H9Br2N3. The van der Waals surface area contributed by atoms with E-state index in [4.69, 9.17) is 5.73 Å². The van der Waals surface area contributed by atoms with Crippen LogP contribution in [0.1, 0.15) is 11.4 Å². The summed E-state index contributed by atoms with van der Waals surface area (Å²) in [5, 5.41) is 1.41. The highest BCUT2D eigenvalue weighted by Gasteiger charge is 2.06. The smallest absolute Gasteiger partial charge is 0.0911 e. The molecule has 0 saturated heterocycles. The van der Waals surface area contributed by atoms with E-state index in [9.17, 15) is 0 Å². The van der Waals surface area contributed by atoms with Crippen LogP contribution in [0.5, 0.6) is 0 Å². The van der Waals surface area contributed by atoms with Crippen molar-refractivity contribution >= 4 is 48.6 Å². The molecular weight excluding hydrogens is 322 g/mol.